The second kappa shape index (κ2) is 8.12. The van der Waals surface area contributed by atoms with Gasteiger partial charge in [0.05, 0.1) is 24.4 Å². The number of aliphatic hydroxyl groups is 1. The van der Waals surface area contributed by atoms with Crippen LogP contribution in [0.3, 0.4) is 0 Å². The summed E-state index contributed by atoms with van der Waals surface area (Å²) in [5.41, 5.74) is 3.26. The van der Waals surface area contributed by atoms with Gasteiger partial charge in [0.15, 0.2) is 0 Å². The Hall–Kier alpha value is -3.52. The summed E-state index contributed by atoms with van der Waals surface area (Å²) in [6, 6.07) is 18.6. The van der Waals surface area contributed by atoms with Crippen LogP contribution in [0.4, 0.5) is 23.7 Å². The first-order valence-corrected chi connectivity index (χ1v) is 10.5. The molecule has 1 atom stereocenters. The first-order chi connectivity index (χ1) is 15.9. The van der Waals surface area contributed by atoms with Crippen LogP contribution in [0.2, 0.25) is 0 Å². The maximum atomic E-state index is 13.2. The standard InChI is InChI=1S/C25H20F3NO4/c26-25(27,28)15-9-10-23-22(11-15)29(12-16(13-30)33-23)24(31)32-14-21-19-7-3-1-5-17(19)18-6-2-4-8-20(18)21/h1-11,16,21,30H,12-14H2. The number of carbonyl (C=O) groups excluding carboxylic acids is 1. The number of carbonyl (C=O) groups is 1. The summed E-state index contributed by atoms with van der Waals surface area (Å²) in [6.07, 6.45) is -6.13. The number of benzene rings is 3. The molecule has 0 fully saturated rings. The number of alkyl halides is 3. The third-order valence-electron chi connectivity index (χ3n) is 6.02. The SMILES string of the molecule is O=C(OCC1c2ccccc2-c2ccccc21)N1CC(CO)Oc2ccc(C(F)(F)F)cc21. The first kappa shape index (κ1) is 21.3. The first-order valence-electron chi connectivity index (χ1n) is 10.5. The minimum Gasteiger partial charge on any atom is -0.484 e. The summed E-state index contributed by atoms with van der Waals surface area (Å²) < 4.78 is 50.9. The Morgan fingerprint density at radius 2 is 1.67 bits per heavy atom. The van der Waals surface area contributed by atoms with Crippen LogP contribution in [0.15, 0.2) is 66.7 Å². The van der Waals surface area contributed by atoms with E-state index in [1.165, 1.54) is 0 Å². The van der Waals surface area contributed by atoms with Gasteiger partial charge in [0, 0.05) is 5.92 Å². The number of anilines is 1. The van der Waals surface area contributed by atoms with Gasteiger partial charge < -0.3 is 14.6 Å². The van der Waals surface area contributed by atoms with Gasteiger partial charge in [-0.25, -0.2) is 4.79 Å². The highest BCUT2D eigenvalue weighted by Crippen LogP contribution is 2.45. The van der Waals surface area contributed by atoms with Crippen molar-refractivity contribution in [2.24, 2.45) is 0 Å². The van der Waals surface area contributed by atoms with Crippen molar-refractivity contribution < 1.29 is 32.5 Å². The van der Waals surface area contributed by atoms with Gasteiger partial charge in [0.2, 0.25) is 0 Å². The second-order valence-electron chi connectivity index (χ2n) is 8.02. The predicted molar refractivity (Wildman–Crippen MR) is 115 cm³/mol. The van der Waals surface area contributed by atoms with Gasteiger partial charge in [-0.1, -0.05) is 48.5 Å². The van der Waals surface area contributed by atoms with Crippen LogP contribution in [0.1, 0.15) is 22.6 Å². The predicted octanol–water partition coefficient (Wildman–Crippen LogP) is 5.21. The summed E-state index contributed by atoms with van der Waals surface area (Å²) in [5, 5.41) is 9.54. The van der Waals surface area contributed by atoms with Crippen molar-refractivity contribution in [1.82, 2.24) is 0 Å². The minimum absolute atomic E-state index is 0.0301. The Labute approximate surface area is 188 Å². The fourth-order valence-corrected chi connectivity index (χ4v) is 4.46. The van der Waals surface area contributed by atoms with E-state index in [1.807, 2.05) is 48.5 Å². The highest BCUT2D eigenvalue weighted by Gasteiger charge is 2.37. The van der Waals surface area contributed by atoms with Crippen molar-refractivity contribution in [1.29, 1.82) is 0 Å². The molecule has 1 unspecified atom stereocenters. The van der Waals surface area contributed by atoms with Crippen molar-refractivity contribution in [2.75, 3.05) is 24.7 Å². The van der Waals surface area contributed by atoms with Gasteiger partial charge in [-0.2, -0.15) is 13.2 Å². The van der Waals surface area contributed by atoms with Crippen LogP contribution >= 0.6 is 0 Å². The number of amides is 1. The third-order valence-corrected chi connectivity index (χ3v) is 6.02. The van der Waals surface area contributed by atoms with Crippen LogP contribution in [0.5, 0.6) is 5.75 Å². The molecule has 1 aliphatic heterocycles. The van der Waals surface area contributed by atoms with E-state index in [4.69, 9.17) is 9.47 Å². The molecule has 33 heavy (non-hydrogen) atoms. The lowest BCUT2D eigenvalue weighted by Crippen LogP contribution is -2.45. The smallest absolute Gasteiger partial charge is 0.416 e. The zero-order chi connectivity index (χ0) is 23.2. The summed E-state index contributed by atoms with van der Waals surface area (Å²) in [6.45, 7) is -0.489. The highest BCUT2D eigenvalue weighted by molar-refractivity contribution is 5.91. The normalized spacial score (nSPS) is 17.1. The monoisotopic (exact) mass is 455 g/mol. The molecule has 1 amide bonds. The molecule has 5 nitrogen and oxygen atoms in total. The van der Waals surface area contributed by atoms with E-state index in [0.717, 1.165) is 45.4 Å². The van der Waals surface area contributed by atoms with E-state index in [9.17, 15) is 23.1 Å². The summed E-state index contributed by atoms with van der Waals surface area (Å²) >= 11 is 0. The molecule has 1 heterocycles. The zero-order valence-electron chi connectivity index (χ0n) is 17.4. The number of ether oxygens (including phenoxy) is 2. The fraction of sp³-hybridized carbons (Fsp3) is 0.240. The van der Waals surface area contributed by atoms with Crippen molar-refractivity contribution in [2.45, 2.75) is 18.2 Å². The van der Waals surface area contributed by atoms with Gasteiger partial charge in [-0.05, 0) is 40.5 Å². The summed E-state index contributed by atoms with van der Waals surface area (Å²) in [5.74, 6) is -0.0983. The van der Waals surface area contributed by atoms with E-state index >= 15 is 0 Å². The maximum Gasteiger partial charge on any atom is 0.416 e. The van der Waals surface area contributed by atoms with Crippen LogP contribution < -0.4 is 9.64 Å². The zero-order valence-corrected chi connectivity index (χ0v) is 17.4. The van der Waals surface area contributed by atoms with E-state index < -0.39 is 30.5 Å². The van der Waals surface area contributed by atoms with E-state index in [1.54, 1.807) is 0 Å². The number of rotatable bonds is 3. The summed E-state index contributed by atoms with van der Waals surface area (Å²) in [7, 11) is 0. The lowest BCUT2D eigenvalue weighted by molar-refractivity contribution is -0.137. The Balaban J connectivity index is 1.42. The van der Waals surface area contributed by atoms with Crippen molar-refractivity contribution >= 4 is 11.8 Å². The Morgan fingerprint density at radius 3 is 2.27 bits per heavy atom. The quantitative estimate of drug-likeness (QED) is 0.589. The molecule has 1 aliphatic carbocycles. The maximum absolute atomic E-state index is 13.2. The van der Waals surface area contributed by atoms with Crippen LogP contribution in [0.25, 0.3) is 11.1 Å². The molecule has 3 aromatic rings. The largest absolute Gasteiger partial charge is 0.484 e. The Bertz CT molecular complexity index is 1160. The van der Waals surface area contributed by atoms with Crippen LogP contribution in [0, 0.1) is 0 Å². The van der Waals surface area contributed by atoms with Crippen molar-refractivity contribution in [3.63, 3.8) is 0 Å². The minimum atomic E-state index is -4.57. The molecule has 170 valence electrons. The van der Waals surface area contributed by atoms with Crippen molar-refractivity contribution in [3.8, 4) is 16.9 Å². The van der Waals surface area contributed by atoms with Gasteiger partial charge in [0.1, 0.15) is 18.5 Å². The molecule has 8 heteroatoms. The Kier molecular flexibility index (Phi) is 5.25. The molecule has 5 rings (SSSR count). The molecule has 0 saturated carbocycles. The number of nitrogens with zero attached hydrogens (tertiary/aromatic N) is 1. The van der Waals surface area contributed by atoms with Gasteiger partial charge in [-0.15, -0.1) is 0 Å². The van der Waals surface area contributed by atoms with Crippen LogP contribution in [-0.2, 0) is 10.9 Å². The van der Waals surface area contributed by atoms with Crippen LogP contribution in [-0.4, -0.2) is 37.1 Å². The van der Waals surface area contributed by atoms with Gasteiger partial charge in [0.25, 0.3) is 0 Å². The molecular formula is C25H20F3NO4. The molecule has 2 aliphatic rings. The van der Waals surface area contributed by atoms with E-state index in [2.05, 4.69) is 0 Å². The van der Waals surface area contributed by atoms with Gasteiger partial charge in [-0.3, -0.25) is 4.90 Å². The Morgan fingerprint density at radius 1 is 1.03 bits per heavy atom. The number of fused-ring (bicyclic) bond motifs is 4. The molecule has 0 saturated heterocycles. The molecule has 0 radical (unpaired) electrons. The number of hydrogen-bond acceptors (Lipinski definition) is 4. The lowest BCUT2D eigenvalue weighted by atomic mass is 9.98. The molecule has 3 aromatic carbocycles. The molecular weight excluding hydrogens is 435 g/mol. The molecule has 0 spiro atoms. The van der Waals surface area contributed by atoms with E-state index in [0.29, 0.717) is 0 Å². The number of hydrogen-bond donors (Lipinski definition) is 1. The fourth-order valence-electron chi connectivity index (χ4n) is 4.46. The molecule has 0 bridgehead atoms. The molecule has 0 aromatic heterocycles. The third kappa shape index (κ3) is 3.80. The average Bonchev–Trinajstić information content (AvgIpc) is 3.14. The van der Waals surface area contributed by atoms with E-state index in [-0.39, 0.29) is 30.5 Å². The highest BCUT2D eigenvalue weighted by atomic mass is 19.4. The van der Waals surface area contributed by atoms with Gasteiger partial charge >= 0.3 is 12.3 Å². The topological polar surface area (TPSA) is 59.0 Å². The lowest BCUT2D eigenvalue weighted by Gasteiger charge is -2.34. The van der Waals surface area contributed by atoms with Crippen molar-refractivity contribution in [3.05, 3.63) is 83.4 Å². The second-order valence-corrected chi connectivity index (χ2v) is 8.02. The summed E-state index contributed by atoms with van der Waals surface area (Å²) in [4.78, 5) is 14.1. The number of aliphatic hydroxyl groups excluding tert-OH is 1. The average molecular weight is 455 g/mol. The molecule has 1 N–H and O–H groups in total. The number of halogens is 3.